The van der Waals surface area contributed by atoms with Crippen molar-refractivity contribution in [1.82, 2.24) is 14.8 Å². The molecule has 1 aromatic carbocycles. The molecule has 132 valence electrons. The second-order valence-electron chi connectivity index (χ2n) is 5.41. The summed E-state index contributed by atoms with van der Waals surface area (Å²) in [7, 11) is 0. The van der Waals surface area contributed by atoms with Crippen LogP contribution in [-0.2, 0) is 6.73 Å². The fourth-order valence-corrected chi connectivity index (χ4v) is 2.21. The highest BCUT2D eigenvalue weighted by molar-refractivity contribution is 6.02. The van der Waals surface area contributed by atoms with E-state index in [1.807, 2.05) is 13.0 Å². The fraction of sp³-hybridized carbons (Fsp3) is 0.118. The number of benzene rings is 1. The van der Waals surface area contributed by atoms with Gasteiger partial charge in [0.25, 0.3) is 5.91 Å². The Morgan fingerprint density at radius 3 is 2.88 bits per heavy atom. The number of hydrogen-bond donors (Lipinski definition) is 1. The molecule has 2 heterocycles. The van der Waals surface area contributed by atoms with Gasteiger partial charge in [0, 0.05) is 18.5 Å². The minimum atomic E-state index is -0.522. The normalized spacial score (nSPS) is 10.3. The molecule has 0 fully saturated rings. The molecule has 0 saturated heterocycles. The van der Waals surface area contributed by atoms with E-state index in [1.165, 1.54) is 22.9 Å². The highest BCUT2D eigenvalue weighted by Gasteiger charge is 2.15. The Kier molecular flexibility index (Phi) is 4.88. The average molecular weight is 353 g/mol. The van der Waals surface area contributed by atoms with Crippen molar-refractivity contribution < 1.29 is 14.5 Å². The average Bonchev–Trinajstić information content (AvgIpc) is 3.09. The van der Waals surface area contributed by atoms with Gasteiger partial charge in [-0.1, -0.05) is 12.1 Å². The fourth-order valence-electron chi connectivity index (χ4n) is 2.21. The second-order valence-corrected chi connectivity index (χ2v) is 5.41. The molecular formula is C17H15N5O4. The van der Waals surface area contributed by atoms with E-state index in [4.69, 9.17) is 4.74 Å². The third-order valence-electron chi connectivity index (χ3n) is 3.44. The smallest absolute Gasteiger partial charge is 0.311 e. The summed E-state index contributed by atoms with van der Waals surface area (Å²) in [6.45, 7) is 1.83. The molecule has 0 aliphatic rings. The maximum atomic E-state index is 12.2. The Morgan fingerprint density at radius 2 is 2.12 bits per heavy atom. The van der Waals surface area contributed by atoms with Crippen LogP contribution in [0.1, 0.15) is 16.1 Å². The van der Waals surface area contributed by atoms with Crippen LogP contribution in [0.15, 0.2) is 54.9 Å². The molecule has 0 saturated carbocycles. The zero-order chi connectivity index (χ0) is 18.5. The van der Waals surface area contributed by atoms with Crippen LogP contribution in [0, 0.1) is 17.0 Å². The molecule has 0 aliphatic carbocycles. The number of amides is 1. The number of aromatic nitrogens is 3. The number of para-hydroxylation sites is 2. The van der Waals surface area contributed by atoms with Gasteiger partial charge < -0.3 is 10.1 Å². The second kappa shape index (κ2) is 7.43. The molecule has 0 bridgehead atoms. The van der Waals surface area contributed by atoms with Crippen molar-refractivity contribution in [1.29, 1.82) is 0 Å². The van der Waals surface area contributed by atoms with Gasteiger partial charge in [-0.05, 0) is 36.8 Å². The maximum Gasteiger partial charge on any atom is 0.311 e. The van der Waals surface area contributed by atoms with Crippen molar-refractivity contribution in [3.8, 4) is 5.75 Å². The monoisotopic (exact) mass is 353 g/mol. The number of nitro groups is 1. The Bertz CT molecular complexity index is 954. The van der Waals surface area contributed by atoms with Crippen molar-refractivity contribution in [2.24, 2.45) is 0 Å². The number of nitrogens with zero attached hydrogens (tertiary/aromatic N) is 4. The lowest BCUT2D eigenvalue weighted by molar-refractivity contribution is -0.386. The molecule has 1 N–H and O–H groups in total. The molecule has 2 aromatic heterocycles. The summed E-state index contributed by atoms with van der Waals surface area (Å²) < 4.78 is 6.80. The van der Waals surface area contributed by atoms with Crippen LogP contribution in [-0.4, -0.2) is 25.6 Å². The molecule has 9 heteroatoms. The third-order valence-corrected chi connectivity index (χ3v) is 3.44. The molecule has 0 spiro atoms. The van der Waals surface area contributed by atoms with Gasteiger partial charge in [-0.15, -0.1) is 0 Å². The molecule has 3 aromatic rings. The zero-order valence-electron chi connectivity index (χ0n) is 13.8. The quantitative estimate of drug-likeness (QED) is 0.539. The number of rotatable bonds is 6. The lowest BCUT2D eigenvalue weighted by Crippen LogP contribution is -2.15. The van der Waals surface area contributed by atoms with Crippen LogP contribution in [0.2, 0.25) is 0 Å². The van der Waals surface area contributed by atoms with Crippen molar-refractivity contribution >= 4 is 17.4 Å². The van der Waals surface area contributed by atoms with Crippen molar-refractivity contribution in [3.05, 3.63) is 76.2 Å². The molecule has 26 heavy (non-hydrogen) atoms. The number of carbonyl (C=O) groups is 1. The lowest BCUT2D eigenvalue weighted by Gasteiger charge is -2.06. The van der Waals surface area contributed by atoms with Crippen molar-refractivity contribution in [3.63, 3.8) is 0 Å². The van der Waals surface area contributed by atoms with E-state index in [1.54, 1.807) is 30.6 Å². The van der Waals surface area contributed by atoms with E-state index in [2.05, 4.69) is 15.4 Å². The standard InChI is InChI=1S/C17H15N5O4/c1-12-6-8-18-16(10-12)19-17(23)13-7-9-21(20-13)11-26-15-5-3-2-4-14(15)22(24)25/h2-10H,11H2,1H3,(H,18,19,23). The predicted octanol–water partition coefficient (Wildman–Crippen LogP) is 2.78. The number of aryl methyl sites for hydroxylation is 1. The number of ether oxygens (including phenoxy) is 1. The molecule has 0 atom stereocenters. The molecule has 0 unspecified atom stereocenters. The van der Waals surface area contributed by atoms with Gasteiger partial charge in [0.1, 0.15) is 5.82 Å². The van der Waals surface area contributed by atoms with E-state index in [-0.39, 0.29) is 23.9 Å². The Balaban J connectivity index is 1.65. The van der Waals surface area contributed by atoms with Crippen molar-refractivity contribution in [2.75, 3.05) is 5.32 Å². The van der Waals surface area contributed by atoms with Gasteiger partial charge in [0.2, 0.25) is 0 Å². The number of hydrogen-bond acceptors (Lipinski definition) is 6. The van der Waals surface area contributed by atoms with Crippen molar-refractivity contribution in [2.45, 2.75) is 13.7 Å². The summed E-state index contributed by atoms with van der Waals surface area (Å²) in [5, 5.41) is 17.7. The predicted molar refractivity (Wildman–Crippen MR) is 92.9 cm³/mol. The minimum absolute atomic E-state index is 0.0686. The molecule has 9 nitrogen and oxygen atoms in total. The van der Waals surface area contributed by atoms with E-state index in [9.17, 15) is 14.9 Å². The lowest BCUT2D eigenvalue weighted by atomic mass is 10.3. The van der Waals surface area contributed by atoms with Crippen LogP contribution in [0.3, 0.4) is 0 Å². The Hall–Kier alpha value is -3.75. The van der Waals surface area contributed by atoms with E-state index in [0.29, 0.717) is 5.82 Å². The molecular weight excluding hydrogens is 338 g/mol. The van der Waals surface area contributed by atoms with Gasteiger partial charge >= 0.3 is 5.69 Å². The zero-order valence-corrected chi connectivity index (χ0v) is 13.8. The molecule has 1 amide bonds. The van der Waals surface area contributed by atoms with E-state index < -0.39 is 10.8 Å². The highest BCUT2D eigenvalue weighted by atomic mass is 16.6. The van der Waals surface area contributed by atoms with Crippen LogP contribution in [0.5, 0.6) is 5.75 Å². The Morgan fingerprint density at radius 1 is 1.31 bits per heavy atom. The van der Waals surface area contributed by atoms with Crippen LogP contribution >= 0.6 is 0 Å². The summed E-state index contributed by atoms with van der Waals surface area (Å²) >= 11 is 0. The first-order valence-corrected chi connectivity index (χ1v) is 7.66. The third kappa shape index (κ3) is 4.01. The first kappa shape index (κ1) is 17.1. The van der Waals surface area contributed by atoms with Gasteiger partial charge in [-0.25, -0.2) is 9.67 Å². The number of pyridine rings is 1. The summed E-state index contributed by atoms with van der Waals surface area (Å²) in [5.74, 6) is 0.149. The van der Waals surface area contributed by atoms with Gasteiger partial charge in [0.15, 0.2) is 18.2 Å². The largest absolute Gasteiger partial charge is 0.464 e. The Labute approximate surface area is 148 Å². The first-order valence-electron chi connectivity index (χ1n) is 7.66. The van der Waals surface area contributed by atoms with E-state index in [0.717, 1.165) is 5.56 Å². The highest BCUT2D eigenvalue weighted by Crippen LogP contribution is 2.25. The van der Waals surface area contributed by atoms with Gasteiger partial charge in [-0.2, -0.15) is 5.10 Å². The summed E-state index contributed by atoms with van der Waals surface area (Å²) in [4.78, 5) is 26.7. The first-order chi connectivity index (χ1) is 12.5. The number of carbonyl (C=O) groups excluding carboxylic acids is 1. The summed E-state index contributed by atoms with van der Waals surface area (Å²) in [5.41, 5.74) is 1.02. The van der Waals surface area contributed by atoms with Gasteiger partial charge in [0.05, 0.1) is 4.92 Å². The number of nitro benzene ring substituents is 1. The number of nitrogens with one attached hydrogen (secondary N) is 1. The molecule has 0 aliphatic heterocycles. The van der Waals surface area contributed by atoms with Crippen LogP contribution in [0.4, 0.5) is 11.5 Å². The molecule has 0 radical (unpaired) electrons. The van der Waals surface area contributed by atoms with Crippen LogP contribution in [0.25, 0.3) is 0 Å². The van der Waals surface area contributed by atoms with Crippen LogP contribution < -0.4 is 10.1 Å². The molecule has 3 rings (SSSR count). The van der Waals surface area contributed by atoms with E-state index >= 15 is 0 Å². The SMILES string of the molecule is Cc1ccnc(NC(=O)c2ccn(COc3ccccc3[N+](=O)[O-])n2)c1. The summed E-state index contributed by atoms with van der Waals surface area (Å²) in [6, 6.07) is 11.1. The minimum Gasteiger partial charge on any atom is -0.464 e. The van der Waals surface area contributed by atoms with Gasteiger partial charge in [-0.3, -0.25) is 14.9 Å². The summed E-state index contributed by atoms with van der Waals surface area (Å²) in [6.07, 6.45) is 3.15. The number of anilines is 1. The topological polar surface area (TPSA) is 112 Å². The maximum absolute atomic E-state index is 12.2.